The molecule has 140 valence electrons. The maximum atomic E-state index is 12.1. The molecule has 1 amide bonds. The Morgan fingerprint density at radius 2 is 2.04 bits per heavy atom. The van der Waals surface area contributed by atoms with Crippen molar-refractivity contribution in [1.29, 1.82) is 0 Å². The summed E-state index contributed by atoms with van der Waals surface area (Å²) in [6, 6.07) is 9.69. The van der Waals surface area contributed by atoms with Crippen molar-refractivity contribution in [2.24, 2.45) is 0 Å². The van der Waals surface area contributed by atoms with E-state index >= 15 is 0 Å². The molecule has 0 bridgehead atoms. The lowest BCUT2D eigenvalue weighted by atomic mass is 10.1. The van der Waals surface area contributed by atoms with Crippen molar-refractivity contribution in [3.8, 4) is 11.4 Å². The first-order chi connectivity index (χ1) is 13.0. The molecule has 3 rings (SSSR count). The summed E-state index contributed by atoms with van der Waals surface area (Å²) in [4.78, 5) is 25.2. The molecule has 0 radical (unpaired) electrons. The molecule has 0 aliphatic rings. The molecule has 9 heteroatoms. The monoisotopic (exact) mass is 385 g/mol. The van der Waals surface area contributed by atoms with Crippen molar-refractivity contribution in [2.45, 2.75) is 33.0 Å². The molecule has 0 spiro atoms. The lowest BCUT2D eigenvalue weighted by Gasteiger charge is -2.13. The first kappa shape index (κ1) is 18.7. The highest BCUT2D eigenvalue weighted by molar-refractivity contribution is 7.08. The lowest BCUT2D eigenvalue weighted by molar-refractivity contribution is -0.155. The highest BCUT2D eigenvalue weighted by atomic mass is 32.1. The Morgan fingerprint density at radius 3 is 2.74 bits per heavy atom. The first-order valence-electron chi connectivity index (χ1n) is 8.34. The van der Waals surface area contributed by atoms with Gasteiger partial charge in [0.1, 0.15) is 0 Å². The number of carbonyl (C=O) groups excluding carboxylic acids is 2. The molecule has 2 heterocycles. The number of carbonyl (C=O) groups is 2. The predicted octanol–water partition coefficient (Wildman–Crippen LogP) is 1.96. The van der Waals surface area contributed by atoms with E-state index in [1.54, 1.807) is 0 Å². The normalized spacial score (nSPS) is 11.8. The summed E-state index contributed by atoms with van der Waals surface area (Å²) in [5.74, 6) is -0.537. The number of nitrogens with zero attached hydrogens (tertiary/aromatic N) is 4. The summed E-state index contributed by atoms with van der Waals surface area (Å²) in [5, 5.41) is 18.4. The number of aromatic nitrogens is 4. The molecule has 0 aliphatic carbocycles. The molecule has 27 heavy (non-hydrogen) atoms. The zero-order valence-electron chi connectivity index (χ0n) is 15.0. The second-order valence-corrected chi connectivity index (χ2v) is 6.77. The van der Waals surface area contributed by atoms with Crippen LogP contribution in [-0.4, -0.2) is 38.2 Å². The third-order valence-corrected chi connectivity index (χ3v) is 4.45. The largest absolute Gasteiger partial charge is 0.451 e. The molecule has 3 aromatic rings. The maximum absolute atomic E-state index is 12.1. The van der Waals surface area contributed by atoms with Crippen LogP contribution in [0.25, 0.3) is 11.4 Å². The van der Waals surface area contributed by atoms with Crippen LogP contribution in [0, 0.1) is 6.92 Å². The third-order valence-electron chi connectivity index (χ3n) is 3.77. The van der Waals surface area contributed by atoms with Gasteiger partial charge in [0.2, 0.25) is 5.82 Å². The fourth-order valence-corrected chi connectivity index (χ4v) is 2.89. The van der Waals surface area contributed by atoms with Crippen LogP contribution in [0.15, 0.2) is 41.1 Å². The van der Waals surface area contributed by atoms with Gasteiger partial charge in [-0.05, 0) is 36.1 Å². The van der Waals surface area contributed by atoms with Crippen LogP contribution >= 0.6 is 11.3 Å². The summed E-state index contributed by atoms with van der Waals surface area (Å²) in [6.45, 7) is 3.67. The van der Waals surface area contributed by atoms with Crippen molar-refractivity contribution in [3.05, 3.63) is 52.2 Å². The number of nitrogens with one attached hydrogen (secondary N) is 1. The molecule has 1 N–H and O–H groups in total. The summed E-state index contributed by atoms with van der Waals surface area (Å²) in [7, 11) is 0. The van der Waals surface area contributed by atoms with Gasteiger partial charge in [-0.25, -0.2) is 4.79 Å². The van der Waals surface area contributed by atoms with Crippen LogP contribution in [0.4, 0.5) is 0 Å². The molecule has 1 atom stereocenters. The molecule has 0 fully saturated rings. The van der Waals surface area contributed by atoms with Gasteiger partial charge >= 0.3 is 5.97 Å². The summed E-state index contributed by atoms with van der Waals surface area (Å²) in [5.41, 5.74) is 2.96. The number of hydrogen-bond donors (Lipinski definition) is 1. The minimum atomic E-state index is -0.914. The van der Waals surface area contributed by atoms with E-state index in [1.807, 2.05) is 48.0 Å². The Kier molecular flexibility index (Phi) is 5.92. The SMILES string of the molecule is Cc1ccc(CNC(=O)[C@@H](C)OC(=O)Cn2nnc(-c3ccsc3)n2)cc1. The Labute approximate surface area is 160 Å². The van der Waals surface area contributed by atoms with Gasteiger partial charge in [0.15, 0.2) is 12.6 Å². The number of aryl methyl sites for hydroxylation is 1. The maximum Gasteiger partial charge on any atom is 0.330 e. The third kappa shape index (κ3) is 5.20. The zero-order chi connectivity index (χ0) is 19.2. The van der Waals surface area contributed by atoms with Crippen molar-refractivity contribution in [1.82, 2.24) is 25.5 Å². The van der Waals surface area contributed by atoms with E-state index in [0.29, 0.717) is 12.4 Å². The van der Waals surface area contributed by atoms with Crippen LogP contribution in [0.2, 0.25) is 0 Å². The van der Waals surface area contributed by atoms with Crippen molar-refractivity contribution in [2.75, 3.05) is 0 Å². The zero-order valence-corrected chi connectivity index (χ0v) is 15.8. The van der Waals surface area contributed by atoms with Gasteiger partial charge in [0.05, 0.1) is 0 Å². The van der Waals surface area contributed by atoms with E-state index in [1.165, 1.54) is 18.3 Å². The average molecular weight is 385 g/mol. The van der Waals surface area contributed by atoms with E-state index in [0.717, 1.165) is 21.5 Å². The molecule has 8 nitrogen and oxygen atoms in total. The Balaban J connectivity index is 1.46. The van der Waals surface area contributed by atoms with Crippen LogP contribution < -0.4 is 5.32 Å². The fraction of sp³-hybridized carbons (Fsp3) is 0.278. The van der Waals surface area contributed by atoms with Gasteiger partial charge in [-0.3, -0.25) is 4.79 Å². The number of hydrogen-bond acceptors (Lipinski definition) is 7. The summed E-state index contributed by atoms with van der Waals surface area (Å²) < 4.78 is 5.15. The molecule has 1 aromatic carbocycles. The van der Waals surface area contributed by atoms with Gasteiger partial charge < -0.3 is 10.1 Å². The van der Waals surface area contributed by atoms with Crippen LogP contribution in [-0.2, 0) is 27.4 Å². The van der Waals surface area contributed by atoms with E-state index in [4.69, 9.17) is 4.74 Å². The van der Waals surface area contributed by atoms with E-state index in [9.17, 15) is 9.59 Å². The fourth-order valence-electron chi connectivity index (χ4n) is 2.26. The molecule has 0 saturated carbocycles. The number of tetrazole rings is 1. The minimum Gasteiger partial charge on any atom is -0.451 e. The molecule has 0 aliphatic heterocycles. The molecular weight excluding hydrogens is 366 g/mol. The first-order valence-corrected chi connectivity index (χ1v) is 9.28. The Morgan fingerprint density at radius 1 is 1.26 bits per heavy atom. The van der Waals surface area contributed by atoms with Crippen LogP contribution in [0.1, 0.15) is 18.1 Å². The topological polar surface area (TPSA) is 99.0 Å². The number of rotatable bonds is 7. The minimum absolute atomic E-state index is 0.216. The smallest absolute Gasteiger partial charge is 0.330 e. The van der Waals surface area contributed by atoms with E-state index in [2.05, 4.69) is 20.7 Å². The molecule has 2 aromatic heterocycles. The van der Waals surface area contributed by atoms with Gasteiger partial charge in [0.25, 0.3) is 5.91 Å². The van der Waals surface area contributed by atoms with E-state index in [-0.39, 0.29) is 12.5 Å². The van der Waals surface area contributed by atoms with Gasteiger partial charge in [0, 0.05) is 17.5 Å². The number of esters is 1. The Bertz CT molecular complexity index is 905. The average Bonchev–Trinajstić information content (AvgIpc) is 3.32. The molecular formula is C18H19N5O3S. The lowest BCUT2D eigenvalue weighted by Crippen LogP contribution is -2.36. The van der Waals surface area contributed by atoms with Crippen molar-refractivity contribution in [3.63, 3.8) is 0 Å². The standard InChI is InChI=1S/C18H19N5O3S/c1-12-3-5-14(6-4-12)9-19-18(25)13(2)26-16(24)10-23-21-17(20-22-23)15-7-8-27-11-15/h3-8,11,13H,9-10H2,1-2H3,(H,19,25)/t13-/m1/s1. The highest BCUT2D eigenvalue weighted by Gasteiger charge is 2.19. The number of ether oxygens (including phenoxy) is 1. The van der Waals surface area contributed by atoms with Crippen LogP contribution in [0.3, 0.4) is 0 Å². The van der Waals surface area contributed by atoms with Gasteiger partial charge in [-0.15, -0.1) is 10.2 Å². The second kappa shape index (κ2) is 8.54. The molecule has 0 unspecified atom stereocenters. The van der Waals surface area contributed by atoms with Crippen molar-refractivity contribution >= 4 is 23.2 Å². The Hall–Kier alpha value is -3.07. The van der Waals surface area contributed by atoms with Gasteiger partial charge in [-0.1, -0.05) is 29.8 Å². The predicted molar refractivity (Wildman–Crippen MR) is 99.7 cm³/mol. The molecule has 0 saturated heterocycles. The summed E-state index contributed by atoms with van der Waals surface area (Å²) >= 11 is 1.52. The quantitative estimate of drug-likeness (QED) is 0.624. The number of thiophene rings is 1. The number of benzene rings is 1. The highest BCUT2D eigenvalue weighted by Crippen LogP contribution is 2.16. The second-order valence-electron chi connectivity index (χ2n) is 5.99. The number of amides is 1. The van der Waals surface area contributed by atoms with Gasteiger partial charge in [-0.2, -0.15) is 16.1 Å². The van der Waals surface area contributed by atoms with Crippen LogP contribution in [0.5, 0.6) is 0 Å². The van der Waals surface area contributed by atoms with E-state index < -0.39 is 12.1 Å². The summed E-state index contributed by atoms with van der Waals surface area (Å²) in [6.07, 6.45) is -0.914. The van der Waals surface area contributed by atoms with Crippen molar-refractivity contribution < 1.29 is 14.3 Å².